The molecule has 1 aromatic rings. The maximum absolute atomic E-state index is 8.67. The predicted octanol–water partition coefficient (Wildman–Crippen LogP) is 1.18. The number of nitrogens with one attached hydrogen (secondary N) is 1. The molecule has 0 aliphatic carbocycles. The zero-order valence-electron chi connectivity index (χ0n) is 10.6. The first-order valence-electron chi connectivity index (χ1n) is 5.86. The number of aliphatic hydroxyl groups excluding tert-OH is 1. The minimum Gasteiger partial charge on any atom is -0.493 e. The van der Waals surface area contributed by atoms with Gasteiger partial charge in [0.2, 0.25) is 0 Å². The Bertz CT molecular complexity index is 399. The molecule has 0 atom stereocenters. The Morgan fingerprint density at radius 1 is 1.39 bits per heavy atom. The molecule has 98 valence electrons. The summed E-state index contributed by atoms with van der Waals surface area (Å²) >= 11 is 0. The van der Waals surface area contributed by atoms with Crippen LogP contribution in [0.15, 0.2) is 18.2 Å². The maximum atomic E-state index is 8.67. The van der Waals surface area contributed by atoms with Crippen LogP contribution in [0.1, 0.15) is 12.0 Å². The minimum atomic E-state index is 0.204. The average Bonchev–Trinajstić information content (AvgIpc) is 2.41. The van der Waals surface area contributed by atoms with E-state index in [-0.39, 0.29) is 13.2 Å². The van der Waals surface area contributed by atoms with Crippen molar-refractivity contribution in [1.29, 1.82) is 0 Å². The van der Waals surface area contributed by atoms with Gasteiger partial charge in [-0.15, -0.1) is 6.42 Å². The molecular formula is C14H19NO3. The molecule has 0 radical (unpaired) electrons. The molecule has 0 aliphatic rings. The van der Waals surface area contributed by atoms with Crippen LogP contribution in [0, 0.1) is 12.3 Å². The molecule has 4 nitrogen and oxygen atoms in total. The Labute approximate surface area is 108 Å². The molecular weight excluding hydrogens is 230 g/mol. The van der Waals surface area contributed by atoms with Crippen LogP contribution in [0.4, 0.5) is 0 Å². The summed E-state index contributed by atoms with van der Waals surface area (Å²) < 4.78 is 10.6. The first-order chi connectivity index (χ1) is 8.81. The molecule has 4 heteroatoms. The van der Waals surface area contributed by atoms with Crippen molar-refractivity contribution in [2.75, 3.05) is 26.9 Å². The van der Waals surface area contributed by atoms with Crippen molar-refractivity contribution in [3.05, 3.63) is 23.8 Å². The first kappa shape index (κ1) is 14.4. The molecule has 0 amide bonds. The fourth-order valence-electron chi connectivity index (χ4n) is 1.50. The van der Waals surface area contributed by atoms with Crippen LogP contribution in [-0.4, -0.2) is 32.0 Å². The molecule has 0 saturated carbocycles. The van der Waals surface area contributed by atoms with E-state index in [9.17, 15) is 0 Å². The van der Waals surface area contributed by atoms with Gasteiger partial charge in [0.1, 0.15) is 6.61 Å². The Morgan fingerprint density at radius 3 is 2.89 bits per heavy atom. The smallest absolute Gasteiger partial charge is 0.162 e. The predicted molar refractivity (Wildman–Crippen MR) is 70.7 cm³/mol. The van der Waals surface area contributed by atoms with Gasteiger partial charge in [0.05, 0.1) is 7.11 Å². The third-order valence-corrected chi connectivity index (χ3v) is 2.38. The highest BCUT2D eigenvalue weighted by Crippen LogP contribution is 2.27. The molecule has 0 bridgehead atoms. The van der Waals surface area contributed by atoms with Crippen molar-refractivity contribution in [1.82, 2.24) is 5.32 Å². The van der Waals surface area contributed by atoms with Gasteiger partial charge in [0.25, 0.3) is 0 Å². The SMILES string of the molecule is C#CCOc1ccc(CNCCCO)cc1OC. The van der Waals surface area contributed by atoms with Crippen LogP contribution < -0.4 is 14.8 Å². The summed E-state index contributed by atoms with van der Waals surface area (Å²) in [6.07, 6.45) is 5.90. The molecule has 18 heavy (non-hydrogen) atoms. The highest BCUT2D eigenvalue weighted by atomic mass is 16.5. The zero-order chi connectivity index (χ0) is 13.2. The largest absolute Gasteiger partial charge is 0.493 e. The van der Waals surface area contributed by atoms with E-state index in [1.165, 1.54) is 0 Å². The summed E-state index contributed by atoms with van der Waals surface area (Å²) in [6, 6.07) is 5.72. The lowest BCUT2D eigenvalue weighted by molar-refractivity contribution is 0.286. The van der Waals surface area contributed by atoms with Crippen LogP contribution >= 0.6 is 0 Å². The summed E-state index contributed by atoms with van der Waals surface area (Å²) in [5.74, 6) is 3.74. The molecule has 0 unspecified atom stereocenters. The van der Waals surface area contributed by atoms with Gasteiger partial charge in [0, 0.05) is 13.2 Å². The Morgan fingerprint density at radius 2 is 2.22 bits per heavy atom. The van der Waals surface area contributed by atoms with Crippen LogP contribution in [-0.2, 0) is 6.54 Å². The van der Waals surface area contributed by atoms with E-state index in [4.69, 9.17) is 21.0 Å². The van der Waals surface area contributed by atoms with E-state index in [1.807, 2.05) is 18.2 Å². The first-order valence-corrected chi connectivity index (χ1v) is 5.86. The normalized spacial score (nSPS) is 9.83. The summed E-state index contributed by atoms with van der Waals surface area (Å²) in [4.78, 5) is 0. The Hall–Kier alpha value is -1.70. The van der Waals surface area contributed by atoms with E-state index >= 15 is 0 Å². The number of rotatable bonds is 8. The highest BCUT2D eigenvalue weighted by Gasteiger charge is 2.05. The summed E-state index contributed by atoms with van der Waals surface area (Å²) in [5, 5.41) is 11.9. The lowest BCUT2D eigenvalue weighted by atomic mass is 10.2. The number of benzene rings is 1. The molecule has 0 spiro atoms. The lowest BCUT2D eigenvalue weighted by Gasteiger charge is -2.11. The number of hydrogen-bond donors (Lipinski definition) is 2. The summed E-state index contributed by atoms with van der Waals surface area (Å²) in [6.45, 7) is 1.94. The maximum Gasteiger partial charge on any atom is 0.162 e. The van der Waals surface area contributed by atoms with Gasteiger partial charge in [-0.2, -0.15) is 0 Å². The van der Waals surface area contributed by atoms with Crippen LogP contribution in [0.25, 0.3) is 0 Å². The van der Waals surface area contributed by atoms with Gasteiger partial charge in [-0.3, -0.25) is 0 Å². The average molecular weight is 249 g/mol. The second-order valence-electron chi connectivity index (χ2n) is 3.73. The minimum absolute atomic E-state index is 0.204. The second kappa shape index (κ2) is 8.40. The number of hydrogen-bond acceptors (Lipinski definition) is 4. The van der Waals surface area contributed by atoms with E-state index in [1.54, 1.807) is 7.11 Å². The quantitative estimate of drug-likeness (QED) is 0.536. The molecule has 0 fully saturated rings. The Kier molecular flexibility index (Phi) is 6.70. The molecule has 0 saturated heterocycles. The topological polar surface area (TPSA) is 50.7 Å². The number of aliphatic hydroxyl groups is 1. The molecule has 0 heterocycles. The van der Waals surface area contributed by atoms with Crippen LogP contribution in [0.3, 0.4) is 0 Å². The van der Waals surface area contributed by atoms with E-state index < -0.39 is 0 Å². The number of ether oxygens (including phenoxy) is 2. The standard InChI is InChI=1S/C14H19NO3/c1-3-9-18-13-6-5-12(10-14(13)17-2)11-15-7-4-8-16/h1,5-6,10,15-16H,4,7-9,11H2,2H3. The van der Waals surface area contributed by atoms with Crippen molar-refractivity contribution in [3.8, 4) is 23.8 Å². The second-order valence-corrected chi connectivity index (χ2v) is 3.73. The van der Waals surface area contributed by atoms with Gasteiger partial charge >= 0.3 is 0 Å². The molecule has 0 aliphatic heterocycles. The fraction of sp³-hybridized carbons (Fsp3) is 0.429. The van der Waals surface area contributed by atoms with Gasteiger partial charge in [0.15, 0.2) is 11.5 Å². The lowest BCUT2D eigenvalue weighted by Crippen LogP contribution is -2.15. The van der Waals surface area contributed by atoms with Crippen molar-refractivity contribution < 1.29 is 14.6 Å². The van der Waals surface area contributed by atoms with Gasteiger partial charge in [-0.25, -0.2) is 0 Å². The third kappa shape index (κ3) is 4.66. The number of terminal acetylenes is 1. The monoisotopic (exact) mass is 249 g/mol. The summed E-state index contributed by atoms with van der Waals surface area (Å²) in [5.41, 5.74) is 1.10. The van der Waals surface area contributed by atoms with Crippen LogP contribution in [0.5, 0.6) is 11.5 Å². The molecule has 2 N–H and O–H groups in total. The third-order valence-electron chi connectivity index (χ3n) is 2.38. The van der Waals surface area contributed by atoms with Gasteiger partial charge < -0.3 is 19.9 Å². The van der Waals surface area contributed by atoms with Crippen molar-refractivity contribution >= 4 is 0 Å². The van der Waals surface area contributed by atoms with Crippen molar-refractivity contribution in [2.45, 2.75) is 13.0 Å². The fourth-order valence-corrected chi connectivity index (χ4v) is 1.50. The van der Waals surface area contributed by atoms with Gasteiger partial charge in [-0.1, -0.05) is 12.0 Å². The van der Waals surface area contributed by atoms with Crippen LogP contribution in [0.2, 0.25) is 0 Å². The molecule has 1 aromatic carbocycles. The Balaban J connectivity index is 2.58. The van der Waals surface area contributed by atoms with E-state index in [0.717, 1.165) is 25.1 Å². The zero-order valence-corrected chi connectivity index (χ0v) is 10.6. The number of methoxy groups -OCH3 is 1. The van der Waals surface area contributed by atoms with Crippen molar-refractivity contribution in [2.24, 2.45) is 0 Å². The highest BCUT2D eigenvalue weighted by molar-refractivity contribution is 5.43. The molecule has 0 aromatic heterocycles. The molecule has 1 rings (SSSR count). The summed E-state index contributed by atoms with van der Waals surface area (Å²) in [7, 11) is 1.60. The van der Waals surface area contributed by atoms with Gasteiger partial charge in [-0.05, 0) is 30.7 Å². The van der Waals surface area contributed by atoms with E-state index in [0.29, 0.717) is 11.5 Å². The van der Waals surface area contributed by atoms with E-state index in [2.05, 4.69) is 11.2 Å². The van der Waals surface area contributed by atoms with Crippen molar-refractivity contribution in [3.63, 3.8) is 0 Å².